The highest BCUT2D eigenvalue weighted by atomic mass is 35.5. The summed E-state index contributed by atoms with van der Waals surface area (Å²) < 4.78 is 22.8. The van der Waals surface area contributed by atoms with Gasteiger partial charge in [0.15, 0.2) is 6.29 Å². The zero-order chi connectivity index (χ0) is 13.5. The maximum atomic E-state index is 12.1. The van der Waals surface area contributed by atoms with E-state index in [0.717, 1.165) is 30.8 Å². The predicted molar refractivity (Wildman–Crippen MR) is 76.7 cm³/mol. The van der Waals surface area contributed by atoms with Crippen LogP contribution >= 0.6 is 11.6 Å². The smallest absolute Gasteiger partial charge is 0.157 e. The van der Waals surface area contributed by atoms with Gasteiger partial charge in [0, 0.05) is 11.5 Å². The second kappa shape index (κ2) is 8.00. The molecule has 1 aliphatic rings. The number of hydrogen-bond acceptors (Lipinski definition) is 3. The van der Waals surface area contributed by atoms with Crippen LogP contribution in [-0.4, -0.2) is 28.4 Å². The van der Waals surface area contributed by atoms with Gasteiger partial charge in [-0.2, -0.15) is 0 Å². The first-order chi connectivity index (χ1) is 9.27. The summed E-state index contributed by atoms with van der Waals surface area (Å²) in [4.78, 5) is 0.761. The van der Waals surface area contributed by atoms with Crippen LogP contribution in [0.1, 0.15) is 25.7 Å². The number of alkyl halides is 1. The van der Waals surface area contributed by atoms with Crippen LogP contribution in [0.15, 0.2) is 35.2 Å². The zero-order valence-corrected chi connectivity index (χ0v) is 12.4. The molecule has 1 heterocycles. The molecule has 3 unspecified atom stereocenters. The molecule has 1 saturated heterocycles. The third-order valence-corrected chi connectivity index (χ3v) is 5.14. The van der Waals surface area contributed by atoms with Crippen molar-refractivity contribution in [1.82, 2.24) is 0 Å². The fourth-order valence-electron chi connectivity index (χ4n) is 1.94. The lowest BCUT2D eigenvalue weighted by Crippen LogP contribution is -2.24. The molecule has 3 nitrogen and oxygen atoms in total. The molecule has 0 spiro atoms. The average molecular weight is 303 g/mol. The van der Waals surface area contributed by atoms with E-state index in [0.29, 0.717) is 13.0 Å². The molecule has 0 bridgehead atoms. The van der Waals surface area contributed by atoms with Gasteiger partial charge in [0.2, 0.25) is 0 Å². The van der Waals surface area contributed by atoms with Gasteiger partial charge in [-0.3, -0.25) is 4.21 Å². The van der Waals surface area contributed by atoms with E-state index in [2.05, 4.69) is 0 Å². The summed E-state index contributed by atoms with van der Waals surface area (Å²) in [5, 5.41) is 0. The molecule has 0 radical (unpaired) electrons. The minimum atomic E-state index is -1.19. The molecule has 1 aliphatic heterocycles. The molecule has 0 N–H and O–H groups in total. The number of benzene rings is 1. The van der Waals surface area contributed by atoms with E-state index in [1.807, 2.05) is 30.3 Å². The van der Waals surface area contributed by atoms with Crippen LogP contribution in [-0.2, 0) is 20.3 Å². The third kappa shape index (κ3) is 4.88. The van der Waals surface area contributed by atoms with Crippen LogP contribution in [0.4, 0.5) is 0 Å². The number of ether oxygens (including phenoxy) is 2. The first-order valence-corrected chi connectivity index (χ1v) is 8.25. The Hall–Kier alpha value is -0.420. The summed E-state index contributed by atoms with van der Waals surface area (Å²) in [6.07, 6.45) is 3.64. The van der Waals surface area contributed by atoms with Gasteiger partial charge < -0.3 is 9.47 Å². The maximum absolute atomic E-state index is 12.1. The van der Waals surface area contributed by atoms with Gasteiger partial charge in [-0.15, -0.1) is 11.6 Å². The van der Waals surface area contributed by atoms with Gasteiger partial charge in [-0.25, -0.2) is 0 Å². The van der Waals surface area contributed by atoms with E-state index < -0.39 is 15.5 Å². The largest absolute Gasteiger partial charge is 0.353 e. The molecule has 3 atom stereocenters. The molecule has 19 heavy (non-hydrogen) atoms. The molecular weight excluding hydrogens is 284 g/mol. The zero-order valence-electron chi connectivity index (χ0n) is 10.8. The van der Waals surface area contributed by atoms with Crippen molar-refractivity contribution in [2.45, 2.75) is 41.6 Å². The van der Waals surface area contributed by atoms with E-state index in [4.69, 9.17) is 21.1 Å². The van der Waals surface area contributed by atoms with Gasteiger partial charge in [0.05, 0.1) is 17.4 Å². The topological polar surface area (TPSA) is 35.5 Å². The van der Waals surface area contributed by atoms with Crippen molar-refractivity contribution in [2.75, 3.05) is 13.2 Å². The number of halogens is 1. The van der Waals surface area contributed by atoms with E-state index >= 15 is 0 Å². The normalized spacial score (nSPS) is 22.9. The molecule has 1 aromatic rings. The lowest BCUT2D eigenvalue weighted by molar-refractivity contribution is -0.162. The Morgan fingerprint density at radius 3 is 2.84 bits per heavy atom. The van der Waals surface area contributed by atoms with Crippen molar-refractivity contribution >= 4 is 22.4 Å². The average Bonchev–Trinajstić information content (AvgIpc) is 2.48. The van der Waals surface area contributed by atoms with Crippen molar-refractivity contribution in [1.29, 1.82) is 0 Å². The summed E-state index contributed by atoms with van der Waals surface area (Å²) in [6.45, 7) is 1.25. The van der Waals surface area contributed by atoms with Crippen molar-refractivity contribution in [3.8, 4) is 0 Å². The quantitative estimate of drug-likeness (QED) is 0.756. The summed E-state index contributed by atoms with van der Waals surface area (Å²) in [5.74, 6) is 0. The summed E-state index contributed by atoms with van der Waals surface area (Å²) in [5.41, 5.74) is 0. The van der Waals surface area contributed by atoms with Gasteiger partial charge in [-0.1, -0.05) is 18.2 Å². The van der Waals surface area contributed by atoms with Crippen LogP contribution in [0.25, 0.3) is 0 Å². The van der Waals surface area contributed by atoms with Crippen LogP contribution < -0.4 is 0 Å². The lowest BCUT2D eigenvalue weighted by atomic mass is 10.2. The Balaban J connectivity index is 1.72. The number of rotatable bonds is 6. The third-order valence-electron chi connectivity index (χ3n) is 2.99. The molecule has 0 saturated carbocycles. The Bertz CT molecular complexity index is 393. The van der Waals surface area contributed by atoms with Crippen LogP contribution in [0.5, 0.6) is 0 Å². The standard InChI is InChI=1S/C14H19ClO3S/c15-13(19(16)12-6-2-1-3-7-12)9-11-18-14-8-4-5-10-17-14/h1-3,6-7,13-14H,4-5,8-11H2. The fraction of sp³-hybridized carbons (Fsp3) is 0.571. The first-order valence-electron chi connectivity index (χ1n) is 6.60. The Kier molecular flexibility index (Phi) is 6.31. The highest BCUT2D eigenvalue weighted by Crippen LogP contribution is 2.18. The SMILES string of the molecule is O=S(c1ccccc1)C(Cl)CCOC1CCCCO1. The predicted octanol–water partition coefficient (Wildman–Crippen LogP) is 3.29. The van der Waals surface area contributed by atoms with Crippen LogP contribution in [0.3, 0.4) is 0 Å². The van der Waals surface area contributed by atoms with Gasteiger partial charge in [0.25, 0.3) is 0 Å². The summed E-state index contributed by atoms with van der Waals surface area (Å²) in [7, 11) is -1.19. The van der Waals surface area contributed by atoms with Crippen molar-refractivity contribution in [3.05, 3.63) is 30.3 Å². The van der Waals surface area contributed by atoms with Gasteiger partial charge >= 0.3 is 0 Å². The van der Waals surface area contributed by atoms with E-state index in [-0.39, 0.29) is 6.29 Å². The van der Waals surface area contributed by atoms with Crippen LogP contribution in [0, 0.1) is 0 Å². The molecule has 0 aliphatic carbocycles. The maximum Gasteiger partial charge on any atom is 0.157 e. The first kappa shape index (κ1) is 15.0. The Morgan fingerprint density at radius 1 is 1.37 bits per heavy atom. The molecule has 106 valence electrons. The minimum absolute atomic E-state index is 0.109. The van der Waals surface area contributed by atoms with Gasteiger partial charge in [-0.05, 0) is 37.8 Å². The minimum Gasteiger partial charge on any atom is -0.353 e. The fourth-order valence-corrected chi connectivity index (χ4v) is 3.37. The highest BCUT2D eigenvalue weighted by Gasteiger charge is 2.18. The summed E-state index contributed by atoms with van der Waals surface area (Å²) in [6, 6.07) is 9.28. The molecule has 0 aromatic heterocycles. The molecule has 1 fully saturated rings. The summed E-state index contributed by atoms with van der Waals surface area (Å²) >= 11 is 6.16. The highest BCUT2D eigenvalue weighted by molar-refractivity contribution is 7.87. The molecule has 1 aromatic carbocycles. The second-order valence-electron chi connectivity index (χ2n) is 4.48. The van der Waals surface area contributed by atoms with E-state index in [9.17, 15) is 4.21 Å². The van der Waals surface area contributed by atoms with Gasteiger partial charge in [0.1, 0.15) is 4.71 Å². The van der Waals surface area contributed by atoms with Crippen molar-refractivity contribution < 1.29 is 13.7 Å². The van der Waals surface area contributed by atoms with Crippen molar-refractivity contribution in [2.24, 2.45) is 0 Å². The lowest BCUT2D eigenvalue weighted by Gasteiger charge is -2.23. The molecule has 0 amide bonds. The second-order valence-corrected chi connectivity index (χ2v) is 6.90. The van der Waals surface area contributed by atoms with Crippen molar-refractivity contribution in [3.63, 3.8) is 0 Å². The van der Waals surface area contributed by atoms with E-state index in [1.165, 1.54) is 0 Å². The monoisotopic (exact) mass is 302 g/mol. The molecule has 5 heteroatoms. The molecular formula is C14H19ClO3S. The van der Waals surface area contributed by atoms with E-state index in [1.54, 1.807) is 0 Å². The Labute approximate surface area is 121 Å². The molecule has 2 rings (SSSR count). The van der Waals surface area contributed by atoms with Crippen LogP contribution in [0.2, 0.25) is 0 Å². The number of hydrogen-bond donors (Lipinski definition) is 0. The Morgan fingerprint density at radius 2 is 2.16 bits per heavy atom.